The number of methoxy groups -OCH3 is 2. The number of benzene rings is 2. The summed E-state index contributed by atoms with van der Waals surface area (Å²) >= 11 is 1.48. The van der Waals surface area contributed by atoms with Crippen LogP contribution in [0.1, 0.15) is 10.6 Å². The molecular weight excluding hydrogens is 442 g/mol. The molecule has 2 aromatic carbocycles. The molecule has 0 atom stereocenters. The standard InChI is InChI=1S/C20H21N3O6S2/c1-13-19(30-20(22-13)14-4-9-17(28-2)18(12-14)29-3)10-11-21-31(26,27)16-7-5-15(6-8-16)23(24)25/h4-9,12,21H,10-11H2,1-3H3. The normalized spacial score (nSPS) is 11.3. The van der Waals surface area contributed by atoms with Crippen molar-refractivity contribution >= 4 is 27.0 Å². The fraction of sp³-hybridized carbons (Fsp3) is 0.250. The second-order valence-electron chi connectivity index (χ2n) is 6.50. The van der Waals surface area contributed by atoms with Crippen molar-refractivity contribution in [2.75, 3.05) is 20.8 Å². The van der Waals surface area contributed by atoms with Crippen LogP contribution in [0.3, 0.4) is 0 Å². The Morgan fingerprint density at radius 3 is 2.39 bits per heavy atom. The van der Waals surface area contributed by atoms with E-state index in [9.17, 15) is 18.5 Å². The van der Waals surface area contributed by atoms with Gasteiger partial charge in [-0.3, -0.25) is 10.1 Å². The number of nitrogens with zero attached hydrogens (tertiary/aromatic N) is 2. The van der Waals surface area contributed by atoms with Crippen molar-refractivity contribution in [1.29, 1.82) is 0 Å². The van der Waals surface area contributed by atoms with E-state index in [4.69, 9.17) is 9.47 Å². The Bertz CT molecular complexity index is 1190. The molecule has 164 valence electrons. The number of nitrogens with one attached hydrogen (secondary N) is 1. The summed E-state index contributed by atoms with van der Waals surface area (Å²) in [7, 11) is -0.630. The molecule has 1 aromatic heterocycles. The molecule has 1 N–H and O–H groups in total. The first-order valence-corrected chi connectivity index (χ1v) is 11.5. The van der Waals surface area contributed by atoms with E-state index in [1.54, 1.807) is 14.2 Å². The monoisotopic (exact) mass is 463 g/mol. The van der Waals surface area contributed by atoms with Crippen LogP contribution >= 0.6 is 11.3 Å². The van der Waals surface area contributed by atoms with E-state index in [1.807, 2.05) is 25.1 Å². The molecule has 0 aliphatic heterocycles. The van der Waals surface area contributed by atoms with E-state index in [1.165, 1.54) is 23.5 Å². The Hall–Kier alpha value is -3.02. The van der Waals surface area contributed by atoms with Crippen LogP contribution < -0.4 is 14.2 Å². The predicted octanol–water partition coefficient (Wildman–Crippen LogP) is 3.56. The van der Waals surface area contributed by atoms with Gasteiger partial charge in [0.25, 0.3) is 5.69 Å². The van der Waals surface area contributed by atoms with Gasteiger partial charge in [0.2, 0.25) is 10.0 Å². The number of aryl methyl sites for hydroxylation is 1. The van der Waals surface area contributed by atoms with Crippen LogP contribution in [0, 0.1) is 17.0 Å². The van der Waals surface area contributed by atoms with Gasteiger partial charge >= 0.3 is 0 Å². The Kier molecular flexibility index (Phi) is 6.88. The SMILES string of the molecule is COc1ccc(-c2nc(C)c(CCNS(=O)(=O)c3ccc([N+](=O)[O-])cc3)s2)cc1OC. The van der Waals surface area contributed by atoms with Crippen molar-refractivity contribution in [2.24, 2.45) is 0 Å². The Balaban J connectivity index is 1.69. The summed E-state index contributed by atoms with van der Waals surface area (Å²) < 4.78 is 38.0. The lowest BCUT2D eigenvalue weighted by molar-refractivity contribution is -0.384. The second-order valence-corrected chi connectivity index (χ2v) is 9.35. The maximum Gasteiger partial charge on any atom is 0.269 e. The van der Waals surface area contributed by atoms with Crippen molar-refractivity contribution in [3.63, 3.8) is 0 Å². The zero-order chi connectivity index (χ0) is 22.6. The zero-order valence-electron chi connectivity index (χ0n) is 17.1. The Labute approximate surface area is 183 Å². The zero-order valence-corrected chi connectivity index (χ0v) is 18.7. The molecule has 0 amide bonds. The largest absolute Gasteiger partial charge is 0.493 e. The molecule has 0 unspecified atom stereocenters. The number of aromatic nitrogens is 1. The maximum absolute atomic E-state index is 12.4. The highest BCUT2D eigenvalue weighted by Gasteiger charge is 2.17. The van der Waals surface area contributed by atoms with Gasteiger partial charge in [-0.25, -0.2) is 18.1 Å². The lowest BCUT2D eigenvalue weighted by Crippen LogP contribution is -2.25. The molecule has 0 fully saturated rings. The number of nitro benzene ring substituents is 1. The highest BCUT2D eigenvalue weighted by Crippen LogP contribution is 2.35. The predicted molar refractivity (Wildman–Crippen MR) is 117 cm³/mol. The highest BCUT2D eigenvalue weighted by molar-refractivity contribution is 7.89. The smallest absolute Gasteiger partial charge is 0.269 e. The van der Waals surface area contributed by atoms with E-state index >= 15 is 0 Å². The molecule has 0 spiro atoms. The van der Waals surface area contributed by atoms with Gasteiger partial charge in [0.05, 0.1) is 29.7 Å². The van der Waals surface area contributed by atoms with Crippen LogP contribution in [-0.4, -0.2) is 39.1 Å². The minimum atomic E-state index is -3.77. The first-order chi connectivity index (χ1) is 14.7. The van der Waals surface area contributed by atoms with E-state index in [0.29, 0.717) is 17.9 Å². The van der Waals surface area contributed by atoms with Crippen LogP contribution in [-0.2, 0) is 16.4 Å². The molecule has 31 heavy (non-hydrogen) atoms. The third kappa shape index (κ3) is 5.19. The van der Waals surface area contributed by atoms with Gasteiger partial charge in [-0.15, -0.1) is 11.3 Å². The molecule has 9 nitrogen and oxygen atoms in total. The summed E-state index contributed by atoms with van der Waals surface area (Å²) in [6.45, 7) is 2.05. The molecule has 0 aliphatic rings. The number of hydrogen-bond donors (Lipinski definition) is 1. The number of thiazole rings is 1. The third-order valence-corrected chi connectivity index (χ3v) is 7.27. The average molecular weight is 464 g/mol. The molecule has 0 saturated carbocycles. The molecule has 0 aliphatic carbocycles. The quantitative estimate of drug-likeness (QED) is 0.380. The topological polar surface area (TPSA) is 121 Å². The van der Waals surface area contributed by atoms with Gasteiger partial charge in [0, 0.05) is 29.1 Å². The third-order valence-electron chi connectivity index (χ3n) is 4.53. The van der Waals surface area contributed by atoms with Crippen LogP contribution in [0.15, 0.2) is 47.4 Å². The van der Waals surface area contributed by atoms with Gasteiger partial charge in [0.15, 0.2) is 11.5 Å². The first kappa shape index (κ1) is 22.7. The molecule has 1 heterocycles. The summed E-state index contributed by atoms with van der Waals surface area (Å²) in [6, 6.07) is 10.3. The van der Waals surface area contributed by atoms with Gasteiger partial charge in [0.1, 0.15) is 5.01 Å². The van der Waals surface area contributed by atoms with Crippen LogP contribution in [0.2, 0.25) is 0 Å². The summed E-state index contributed by atoms with van der Waals surface area (Å²) in [5, 5.41) is 11.5. The number of nitro groups is 1. The van der Waals surface area contributed by atoms with Gasteiger partial charge in [-0.1, -0.05) is 0 Å². The molecule has 0 saturated heterocycles. The Morgan fingerprint density at radius 1 is 1.10 bits per heavy atom. The van der Waals surface area contributed by atoms with Crippen LogP contribution in [0.25, 0.3) is 10.6 Å². The Morgan fingerprint density at radius 2 is 1.77 bits per heavy atom. The number of ether oxygens (including phenoxy) is 2. The molecule has 3 rings (SSSR count). The van der Waals surface area contributed by atoms with Crippen molar-refractivity contribution in [3.8, 4) is 22.1 Å². The molecular formula is C20H21N3O6S2. The summed E-state index contributed by atoms with van der Waals surface area (Å²) in [5.41, 5.74) is 1.54. The van der Waals surface area contributed by atoms with Crippen molar-refractivity contribution in [1.82, 2.24) is 9.71 Å². The summed E-state index contributed by atoms with van der Waals surface area (Å²) in [4.78, 5) is 15.7. The van der Waals surface area contributed by atoms with E-state index < -0.39 is 14.9 Å². The van der Waals surface area contributed by atoms with Crippen LogP contribution in [0.4, 0.5) is 5.69 Å². The van der Waals surface area contributed by atoms with Gasteiger partial charge in [-0.2, -0.15) is 0 Å². The number of non-ortho nitro benzene ring substituents is 1. The van der Waals surface area contributed by atoms with E-state index in [-0.39, 0.29) is 17.1 Å². The lowest BCUT2D eigenvalue weighted by Gasteiger charge is -2.08. The van der Waals surface area contributed by atoms with Crippen molar-refractivity contribution in [2.45, 2.75) is 18.2 Å². The second kappa shape index (κ2) is 9.41. The first-order valence-electron chi connectivity index (χ1n) is 9.18. The number of sulfonamides is 1. The average Bonchev–Trinajstić information content (AvgIpc) is 3.13. The number of hydrogen-bond acceptors (Lipinski definition) is 8. The van der Waals surface area contributed by atoms with Crippen molar-refractivity contribution < 1.29 is 22.8 Å². The lowest BCUT2D eigenvalue weighted by atomic mass is 10.2. The molecule has 3 aromatic rings. The molecule has 0 radical (unpaired) electrons. The van der Waals surface area contributed by atoms with Gasteiger partial charge in [-0.05, 0) is 43.7 Å². The molecule has 0 bridgehead atoms. The summed E-state index contributed by atoms with van der Waals surface area (Å²) in [6.07, 6.45) is 0.461. The van der Waals surface area contributed by atoms with E-state index in [0.717, 1.165) is 33.3 Å². The fourth-order valence-corrected chi connectivity index (χ4v) is 4.97. The van der Waals surface area contributed by atoms with Gasteiger partial charge < -0.3 is 9.47 Å². The number of rotatable bonds is 9. The van der Waals surface area contributed by atoms with Crippen molar-refractivity contribution in [3.05, 3.63) is 63.1 Å². The maximum atomic E-state index is 12.4. The highest BCUT2D eigenvalue weighted by atomic mass is 32.2. The summed E-state index contributed by atoms with van der Waals surface area (Å²) in [5.74, 6) is 1.23. The van der Waals surface area contributed by atoms with Crippen LogP contribution in [0.5, 0.6) is 11.5 Å². The van der Waals surface area contributed by atoms with E-state index in [2.05, 4.69) is 9.71 Å². The fourth-order valence-electron chi connectivity index (χ4n) is 2.88. The minimum Gasteiger partial charge on any atom is -0.493 e. The minimum absolute atomic E-state index is 0.0230. The molecule has 11 heteroatoms.